The van der Waals surface area contributed by atoms with Crippen molar-refractivity contribution in [1.82, 2.24) is 4.98 Å². The van der Waals surface area contributed by atoms with E-state index in [9.17, 15) is 0 Å². The van der Waals surface area contributed by atoms with Gasteiger partial charge in [0.25, 0.3) is 0 Å². The average molecular weight is 309 g/mol. The fourth-order valence-corrected chi connectivity index (χ4v) is 0.426. The zero-order valence-corrected chi connectivity index (χ0v) is 9.64. The summed E-state index contributed by atoms with van der Waals surface area (Å²) >= 11 is 0. The number of hydrogen-bond donors (Lipinski definition) is 0. The Bertz CT molecular complexity index is 146. The Labute approximate surface area is 92.6 Å². The topological polar surface area (TPSA) is 12.9 Å². The molecule has 0 amide bonds. The Morgan fingerprint density at radius 1 is 1.10 bits per heavy atom. The second-order valence-corrected chi connectivity index (χ2v) is 1.52. The largest absolute Gasteiger partial charge is 2.00 e. The van der Waals surface area contributed by atoms with Crippen LogP contribution in [-0.4, -0.2) is 4.98 Å². The summed E-state index contributed by atoms with van der Waals surface area (Å²) in [6.45, 7) is 2.04. The minimum atomic E-state index is 0. The van der Waals surface area contributed by atoms with Gasteiger partial charge in [-0.05, 0) is 24.6 Å². The Hall–Kier alpha value is 0.629. The van der Waals surface area contributed by atoms with E-state index in [2.05, 4.69) is 4.98 Å². The van der Waals surface area contributed by atoms with E-state index in [4.69, 9.17) is 0 Å². The van der Waals surface area contributed by atoms with E-state index >= 15 is 0 Å². The molecule has 0 saturated carbocycles. The molecule has 1 rings (SSSR count). The minimum Gasteiger partial charge on any atom is -1.00 e. The van der Waals surface area contributed by atoms with Crippen molar-refractivity contribution in [2.45, 2.75) is 6.92 Å². The van der Waals surface area contributed by atoms with Crippen molar-refractivity contribution in [2.24, 2.45) is 0 Å². The third kappa shape index (κ3) is 6.75. The fourth-order valence-electron chi connectivity index (χ4n) is 0.426. The van der Waals surface area contributed by atoms with Gasteiger partial charge in [0.15, 0.2) is 0 Å². The fraction of sp³-hybridized carbons (Fsp3) is 0.167. The number of nitrogens with zero attached hydrogens (tertiary/aromatic N) is 1. The Kier molecular flexibility index (Phi) is 16.3. The molecule has 0 aliphatic rings. The number of halogens is 2. The second kappa shape index (κ2) is 9.63. The van der Waals surface area contributed by atoms with Gasteiger partial charge in [0.05, 0.1) is 0 Å². The van der Waals surface area contributed by atoms with Gasteiger partial charge in [-0.15, -0.1) is 0 Å². The zero-order valence-electron chi connectivity index (χ0n) is 5.37. The van der Waals surface area contributed by atoms with E-state index in [-0.39, 0.29) is 51.0 Å². The predicted molar refractivity (Wildman–Crippen MR) is 29.0 cm³/mol. The average Bonchev–Trinajstić information content (AvgIpc) is 1.69. The molecule has 0 spiro atoms. The molecule has 0 aliphatic carbocycles. The summed E-state index contributed by atoms with van der Waals surface area (Å²) in [6.07, 6.45) is 3.57. The molecular weight excluding hydrogens is 302 g/mol. The van der Waals surface area contributed by atoms with Crippen LogP contribution in [0.5, 0.6) is 0 Å². The van der Waals surface area contributed by atoms with Gasteiger partial charge in [0.2, 0.25) is 0 Å². The van der Waals surface area contributed by atoms with E-state index in [1.165, 1.54) is 5.56 Å². The normalized spacial score (nSPS) is 6.10. The van der Waals surface area contributed by atoms with E-state index in [1.54, 1.807) is 12.4 Å². The Morgan fingerprint density at radius 3 is 1.70 bits per heavy atom. The summed E-state index contributed by atoms with van der Waals surface area (Å²) in [5.74, 6) is 0. The first-order valence-corrected chi connectivity index (χ1v) is 2.26. The van der Waals surface area contributed by atoms with Crippen LogP contribution in [0.25, 0.3) is 0 Å². The molecule has 1 aromatic rings. The van der Waals surface area contributed by atoms with E-state index in [0.29, 0.717) is 0 Å². The van der Waals surface area contributed by atoms with Gasteiger partial charge in [0, 0.05) is 12.4 Å². The SMILES string of the molecule is Cc1ccncc1.[Br-].[Br-].[Fe+2]. The standard InChI is InChI=1S/C6H7N.2BrH.Fe/c1-6-2-4-7-5-3-6;;;/h2-5H,1H3;2*1H;/q;;;+2/p-2. The van der Waals surface area contributed by atoms with Crippen molar-refractivity contribution < 1.29 is 51.0 Å². The van der Waals surface area contributed by atoms with Gasteiger partial charge in [-0.3, -0.25) is 4.98 Å². The maximum absolute atomic E-state index is 3.85. The Morgan fingerprint density at radius 2 is 1.50 bits per heavy atom. The molecule has 4 heteroatoms. The molecule has 0 aliphatic heterocycles. The first kappa shape index (κ1) is 16.9. The molecule has 0 fully saturated rings. The summed E-state index contributed by atoms with van der Waals surface area (Å²) in [4.78, 5) is 3.85. The van der Waals surface area contributed by atoms with Crippen molar-refractivity contribution >= 4 is 0 Å². The summed E-state index contributed by atoms with van der Waals surface area (Å²) in [7, 11) is 0. The van der Waals surface area contributed by atoms with Gasteiger partial charge in [-0.25, -0.2) is 0 Å². The maximum Gasteiger partial charge on any atom is 2.00 e. The smallest absolute Gasteiger partial charge is 1.00 e. The quantitative estimate of drug-likeness (QED) is 0.440. The molecule has 0 atom stereocenters. The molecule has 1 aromatic heterocycles. The third-order valence-electron chi connectivity index (χ3n) is 0.847. The Balaban J connectivity index is -0.000000163. The molecule has 1 heterocycles. The van der Waals surface area contributed by atoms with Crippen LogP contribution in [0.4, 0.5) is 0 Å². The van der Waals surface area contributed by atoms with E-state index in [1.807, 2.05) is 19.1 Å². The molecule has 0 N–H and O–H groups in total. The molecule has 0 aromatic carbocycles. The van der Waals surface area contributed by atoms with Crippen LogP contribution in [0.15, 0.2) is 24.5 Å². The van der Waals surface area contributed by atoms with Gasteiger partial charge in [0.1, 0.15) is 0 Å². The van der Waals surface area contributed by atoms with Crippen molar-refractivity contribution in [3.05, 3.63) is 30.1 Å². The van der Waals surface area contributed by atoms with Gasteiger partial charge >= 0.3 is 17.1 Å². The first-order chi connectivity index (χ1) is 3.39. The van der Waals surface area contributed by atoms with Crippen molar-refractivity contribution in [3.63, 3.8) is 0 Å². The van der Waals surface area contributed by atoms with E-state index < -0.39 is 0 Å². The molecule has 58 valence electrons. The first-order valence-electron chi connectivity index (χ1n) is 2.26. The van der Waals surface area contributed by atoms with Crippen LogP contribution >= 0.6 is 0 Å². The molecule has 10 heavy (non-hydrogen) atoms. The van der Waals surface area contributed by atoms with Crippen LogP contribution in [0.1, 0.15) is 5.56 Å². The monoisotopic (exact) mass is 307 g/mol. The molecule has 1 nitrogen and oxygen atoms in total. The van der Waals surface area contributed by atoms with Gasteiger partial charge in [-0.2, -0.15) is 0 Å². The van der Waals surface area contributed by atoms with Crippen molar-refractivity contribution in [2.75, 3.05) is 0 Å². The number of aryl methyl sites for hydroxylation is 1. The number of aromatic nitrogens is 1. The van der Waals surface area contributed by atoms with Crippen molar-refractivity contribution in [1.29, 1.82) is 0 Å². The molecule has 0 bridgehead atoms. The van der Waals surface area contributed by atoms with Crippen LogP contribution in [0.2, 0.25) is 0 Å². The summed E-state index contributed by atoms with van der Waals surface area (Å²) in [5.41, 5.74) is 1.26. The van der Waals surface area contributed by atoms with Crippen LogP contribution in [0, 0.1) is 6.92 Å². The van der Waals surface area contributed by atoms with Crippen molar-refractivity contribution in [3.8, 4) is 0 Å². The van der Waals surface area contributed by atoms with E-state index in [0.717, 1.165) is 0 Å². The van der Waals surface area contributed by atoms with Gasteiger partial charge in [-0.1, -0.05) is 0 Å². The number of hydrogen-bond acceptors (Lipinski definition) is 1. The molecule has 0 saturated heterocycles. The number of rotatable bonds is 0. The second-order valence-electron chi connectivity index (χ2n) is 1.52. The third-order valence-corrected chi connectivity index (χ3v) is 0.847. The number of pyridine rings is 1. The summed E-state index contributed by atoms with van der Waals surface area (Å²) in [6, 6.07) is 3.94. The maximum atomic E-state index is 3.85. The molecular formula is C6H7Br2FeN. The molecule has 0 unspecified atom stereocenters. The van der Waals surface area contributed by atoms with Crippen LogP contribution in [0.3, 0.4) is 0 Å². The predicted octanol–water partition coefficient (Wildman–Crippen LogP) is -4.60. The molecule has 0 radical (unpaired) electrons. The summed E-state index contributed by atoms with van der Waals surface area (Å²) < 4.78 is 0. The summed E-state index contributed by atoms with van der Waals surface area (Å²) in [5, 5.41) is 0. The van der Waals surface area contributed by atoms with Crippen LogP contribution < -0.4 is 34.0 Å². The van der Waals surface area contributed by atoms with Gasteiger partial charge < -0.3 is 34.0 Å². The minimum absolute atomic E-state index is 0. The zero-order chi connectivity index (χ0) is 5.11. The van der Waals surface area contributed by atoms with Crippen LogP contribution in [-0.2, 0) is 17.1 Å².